The van der Waals surface area contributed by atoms with Crippen LogP contribution in [-0.2, 0) is 32.3 Å². The summed E-state index contributed by atoms with van der Waals surface area (Å²) in [6, 6.07) is 10.6. The molecule has 8 heteroatoms. The molecule has 1 aliphatic heterocycles. The summed E-state index contributed by atoms with van der Waals surface area (Å²) >= 11 is 1.39. The van der Waals surface area contributed by atoms with Gasteiger partial charge >= 0.3 is 0 Å². The highest BCUT2D eigenvalue weighted by atomic mass is 32.2. The Morgan fingerprint density at radius 3 is 2.43 bits per heavy atom. The second kappa shape index (κ2) is 9.22. The molecule has 0 bridgehead atoms. The van der Waals surface area contributed by atoms with Gasteiger partial charge in [0, 0.05) is 17.0 Å². The molecule has 1 atom stereocenters. The second-order valence-electron chi connectivity index (χ2n) is 7.18. The summed E-state index contributed by atoms with van der Waals surface area (Å²) in [7, 11) is -3.66. The number of para-hydroxylation sites is 1. The number of nitrogens with one attached hydrogen (secondary N) is 2. The van der Waals surface area contributed by atoms with Gasteiger partial charge in [0.25, 0.3) is 0 Å². The average Bonchev–Trinajstić information content (AvgIpc) is 2.73. The van der Waals surface area contributed by atoms with E-state index in [0.717, 1.165) is 34.6 Å². The number of anilines is 2. The van der Waals surface area contributed by atoms with Crippen molar-refractivity contribution >= 4 is 44.8 Å². The molecule has 160 valence electrons. The number of rotatable bonds is 7. The Morgan fingerprint density at radius 2 is 1.80 bits per heavy atom. The molecule has 2 amide bonds. The van der Waals surface area contributed by atoms with Crippen LogP contribution in [0.15, 0.2) is 46.2 Å². The third kappa shape index (κ3) is 4.87. The number of thioether (sulfide) groups is 1. The van der Waals surface area contributed by atoms with Gasteiger partial charge in [-0.05, 0) is 49.1 Å². The molecule has 3 rings (SSSR count). The Morgan fingerprint density at radius 1 is 1.13 bits per heavy atom. The van der Waals surface area contributed by atoms with Gasteiger partial charge in [0.05, 0.1) is 21.6 Å². The first-order chi connectivity index (χ1) is 14.2. The van der Waals surface area contributed by atoms with E-state index in [0.29, 0.717) is 5.69 Å². The maximum Gasteiger partial charge on any atom is 0.237 e. The molecule has 0 fully saturated rings. The normalized spacial score (nSPS) is 16.0. The summed E-state index contributed by atoms with van der Waals surface area (Å²) in [4.78, 5) is 25.3. The number of aryl methyl sites for hydroxylation is 2. The highest BCUT2D eigenvalue weighted by molar-refractivity contribution is 8.01. The summed E-state index contributed by atoms with van der Waals surface area (Å²) in [5.41, 5.74) is 3.34. The Bertz CT molecular complexity index is 1060. The maximum atomic E-state index is 12.8. The van der Waals surface area contributed by atoms with Gasteiger partial charge in [-0.25, -0.2) is 8.42 Å². The Balaban J connectivity index is 1.71. The van der Waals surface area contributed by atoms with Crippen LogP contribution in [0.5, 0.6) is 0 Å². The van der Waals surface area contributed by atoms with Crippen molar-refractivity contribution in [2.45, 2.75) is 55.1 Å². The van der Waals surface area contributed by atoms with E-state index in [1.54, 1.807) is 13.0 Å². The number of hydrogen-bond donors (Lipinski definition) is 2. The van der Waals surface area contributed by atoms with Gasteiger partial charge in [0.1, 0.15) is 0 Å². The lowest BCUT2D eigenvalue weighted by Crippen LogP contribution is -2.26. The van der Waals surface area contributed by atoms with Crippen molar-refractivity contribution < 1.29 is 18.0 Å². The van der Waals surface area contributed by atoms with Crippen LogP contribution in [0.1, 0.15) is 38.3 Å². The van der Waals surface area contributed by atoms with Gasteiger partial charge in [-0.3, -0.25) is 9.59 Å². The summed E-state index contributed by atoms with van der Waals surface area (Å²) in [6.07, 6.45) is 1.41. The van der Waals surface area contributed by atoms with E-state index in [2.05, 4.69) is 10.6 Å². The van der Waals surface area contributed by atoms with Crippen molar-refractivity contribution in [1.82, 2.24) is 0 Å². The molecule has 1 aliphatic rings. The summed E-state index contributed by atoms with van der Waals surface area (Å²) in [6.45, 7) is 5.83. The monoisotopic (exact) mass is 446 g/mol. The average molecular weight is 447 g/mol. The number of carbonyl (C=O) groups excluding carboxylic acids is 2. The van der Waals surface area contributed by atoms with E-state index in [4.69, 9.17) is 0 Å². The molecule has 1 heterocycles. The molecule has 2 N–H and O–H groups in total. The van der Waals surface area contributed by atoms with E-state index >= 15 is 0 Å². The van der Waals surface area contributed by atoms with Crippen molar-refractivity contribution in [2.24, 2.45) is 0 Å². The van der Waals surface area contributed by atoms with Gasteiger partial charge in [-0.2, -0.15) is 0 Å². The fraction of sp³-hybridized carbons (Fsp3) is 0.364. The van der Waals surface area contributed by atoms with Crippen LogP contribution in [-0.4, -0.2) is 31.2 Å². The Kier molecular flexibility index (Phi) is 6.88. The zero-order chi connectivity index (χ0) is 21.9. The standard InChI is InChI=1S/C22H26N2O4S2/c1-4-15-7-6-8-16(5-2)21(15)24-20(25)11-12-30(27,28)17-9-10-19-18(13-17)23-22(26)14(3)29-19/h6-10,13-14H,4-5,11-12H2,1-3H3,(H,23,26)(H,24,25). The Hall–Kier alpha value is -2.32. The number of amides is 2. The molecule has 0 radical (unpaired) electrons. The van der Waals surface area contributed by atoms with Crippen LogP contribution >= 0.6 is 11.8 Å². The topological polar surface area (TPSA) is 92.3 Å². The first-order valence-corrected chi connectivity index (χ1v) is 12.5. The zero-order valence-corrected chi connectivity index (χ0v) is 19.0. The fourth-order valence-corrected chi connectivity index (χ4v) is 5.52. The van der Waals surface area contributed by atoms with Crippen LogP contribution in [0, 0.1) is 0 Å². The van der Waals surface area contributed by atoms with Crippen molar-refractivity contribution in [2.75, 3.05) is 16.4 Å². The molecular weight excluding hydrogens is 420 g/mol. The lowest BCUT2D eigenvalue weighted by molar-refractivity contribution is -0.116. The summed E-state index contributed by atoms with van der Waals surface area (Å²) in [5, 5.41) is 5.42. The smallest absolute Gasteiger partial charge is 0.237 e. The van der Waals surface area contributed by atoms with Crippen molar-refractivity contribution in [1.29, 1.82) is 0 Å². The van der Waals surface area contributed by atoms with Gasteiger partial charge < -0.3 is 10.6 Å². The van der Waals surface area contributed by atoms with Crippen molar-refractivity contribution in [3.05, 3.63) is 47.5 Å². The highest BCUT2D eigenvalue weighted by Gasteiger charge is 2.25. The van der Waals surface area contributed by atoms with E-state index in [1.165, 1.54) is 23.9 Å². The number of carbonyl (C=O) groups is 2. The molecule has 0 saturated carbocycles. The Labute approximate surface area is 181 Å². The minimum absolute atomic E-state index is 0.104. The molecule has 2 aromatic rings. The molecule has 1 unspecified atom stereocenters. The maximum absolute atomic E-state index is 12.8. The third-order valence-corrected chi connectivity index (χ3v) is 7.99. The van der Waals surface area contributed by atoms with Crippen LogP contribution in [0.2, 0.25) is 0 Å². The first-order valence-electron chi connectivity index (χ1n) is 10.00. The molecule has 6 nitrogen and oxygen atoms in total. The second-order valence-corrected chi connectivity index (χ2v) is 10.7. The molecule has 0 aromatic heterocycles. The summed E-state index contributed by atoms with van der Waals surface area (Å²) in [5.74, 6) is -0.780. The lowest BCUT2D eigenvalue weighted by atomic mass is 10.0. The zero-order valence-electron chi connectivity index (χ0n) is 17.3. The number of fused-ring (bicyclic) bond motifs is 1. The lowest BCUT2D eigenvalue weighted by Gasteiger charge is -2.21. The van der Waals surface area contributed by atoms with Crippen LogP contribution in [0.4, 0.5) is 11.4 Å². The molecule has 0 aliphatic carbocycles. The van der Waals surface area contributed by atoms with E-state index < -0.39 is 9.84 Å². The predicted octanol–water partition coefficient (Wildman–Crippen LogP) is 4.05. The van der Waals surface area contributed by atoms with Gasteiger partial charge in [-0.15, -0.1) is 11.8 Å². The van der Waals surface area contributed by atoms with Crippen molar-refractivity contribution in [3.63, 3.8) is 0 Å². The van der Waals surface area contributed by atoms with Gasteiger partial charge in [0.2, 0.25) is 11.8 Å². The first kappa shape index (κ1) is 22.4. The fourth-order valence-electron chi connectivity index (χ4n) is 3.33. The predicted molar refractivity (Wildman–Crippen MR) is 121 cm³/mol. The van der Waals surface area contributed by atoms with Crippen molar-refractivity contribution in [3.8, 4) is 0 Å². The van der Waals surface area contributed by atoms with E-state index in [-0.39, 0.29) is 34.1 Å². The number of sulfone groups is 1. The van der Waals surface area contributed by atoms with Crippen LogP contribution < -0.4 is 10.6 Å². The molecule has 30 heavy (non-hydrogen) atoms. The van der Waals surface area contributed by atoms with Gasteiger partial charge in [-0.1, -0.05) is 32.0 Å². The number of hydrogen-bond acceptors (Lipinski definition) is 5. The quantitative estimate of drug-likeness (QED) is 0.669. The molecular formula is C22H26N2O4S2. The van der Waals surface area contributed by atoms with Crippen LogP contribution in [0.25, 0.3) is 0 Å². The molecule has 0 spiro atoms. The molecule has 2 aromatic carbocycles. The minimum atomic E-state index is -3.66. The van der Waals surface area contributed by atoms with E-state index in [9.17, 15) is 18.0 Å². The molecule has 0 saturated heterocycles. The van der Waals surface area contributed by atoms with Gasteiger partial charge in [0.15, 0.2) is 9.84 Å². The number of benzene rings is 2. The largest absolute Gasteiger partial charge is 0.326 e. The summed E-state index contributed by atoms with van der Waals surface area (Å²) < 4.78 is 25.5. The highest BCUT2D eigenvalue weighted by Crippen LogP contribution is 2.37. The SMILES string of the molecule is CCc1cccc(CC)c1NC(=O)CCS(=O)(=O)c1ccc2c(c1)NC(=O)C(C)S2. The van der Waals surface area contributed by atoms with E-state index in [1.807, 2.05) is 32.0 Å². The van der Waals surface area contributed by atoms with Crippen LogP contribution in [0.3, 0.4) is 0 Å². The minimum Gasteiger partial charge on any atom is -0.326 e. The third-order valence-electron chi connectivity index (χ3n) is 5.10.